The lowest BCUT2D eigenvalue weighted by atomic mass is 10.1. The summed E-state index contributed by atoms with van der Waals surface area (Å²) >= 11 is 0. The van der Waals surface area contributed by atoms with Crippen molar-refractivity contribution in [2.45, 2.75) is 6.92 Å². The number of hydrogen-bond donors (Lipinski definition) is 0. The first-order valence-electron chi connectivity index (χ1n) is 8.12. The van der Waals surface area contributed by atoms with Gasteiger partial charge in [-0.05, 0) is 43.4 Å². The Morgan fingerprint density at radius 3 is 2.08 bits per heavy atom. The number of allylic oxidation sites excluding steroid dienone is 9. The van der Waals surface area contributed by atoms with Gasteiger partial charge in [-0.1, -0.05) is 51.1 Å². The quantitative estimate of drug-likeness (QED) is 0.442. The molecule has 1 atom stereocenters. The summed E-state index contributed by atoms with van der Waals surface area (Å²) in [5, 5.41) is 3.26. The minimum atomic E-state index is -0.365. The van der Waals surface area contributed by atoms with E-state index in [1.54, 1.807) is 54.7 Å². The molecule has 4 heteroatoms. The van der Waals surface area contributed by atoms with Gasteiger partial charge in [-0.2, -0.15) is 0 Å². The normalized spacial score (nSPS) is 19.2. The standard InChI is InChI=1S/C22H26N2O2/c1-8-12-13-14-19(9-2)23-18(6)17(5)22(25)24(23)20(10-3)15-16-21(11-4)26-7/h8-17H,1-4,6H2,5,7H3/b13-12-,19-14+,20-15+,21-16+. The second-order valence-corrected chi connectivity index (χ2v) is 5.36. The van der Waals surface area contributed by atoms with Gasteiger partial charge < -0.3 is 4.74 Å². The molecule has 1 aliphatic rings. The number of methoxy groups -OCH3 is 1. The Balaban J connectivity index is 3.46. The van der Waals surface area contributed by atoms with E-state index in [4.69, 9.17) is 4.74 Å². The highest BCUT2D eigenvalue weighted by Gasteiger charge is 2.40. The Bertz CT molecular complexity index is 735. The van der Waals surface area contributed by atoms with E-state index in [0.717, 1.165) is 0 Å². The Morgan fingerprint density at radius 1 is 0.962 bits per heavy atom. The van der Waals surface area contributed by atoms with Crippen LogP contribution in [0.1, 0.15) is 6.92 Å². The predicted molar refractivity (Wildman–Crippen MR) is 108 cm³/mol. The van der Waals surface area contributed by atoms with Crippen LogP contribution in [0.15, 0.2) is 110 Å². The smallest absolute Gasteiger partial charge is 0.254 e. The molecule has 0 saturated carbocycles. The fourth-order valence-corrected chi connectivity index (χ4v) is 2.33. The maximum atomic E-state index is 12.8. The molecule has 0 aliphatic carbocycles. The number of amides is 1. The van der Waals surface area contributed by atoms with Gasteiger partial charge in [0.05, 0.1) is 24.4 Å². The molecule has 1 fully saturated rings. The monoisotopic (exact) mass is 350 g/mol. The Hall–Kier alpha value is -3.27. The first-order valence-corrected chi connectivity index (χ1v) is 8.12. The van der Waals surface area contributed by atoms with E-state index in [0.29, 0.717) is 22.9 Å². The van der Waals surface area contributed by atoms with E-state index in [9.17, 15) is 4.79 Å². The van der Waals surface area contributed by atoms with Gasteiger partial charge in [-0.3, -0.25) is 9.80 Å². The minimum Gasteiger partial charge on any atom is -0.497 e. The topological polar surface area (TPSA) is 32.8 Å². The van der Waals surface area contributed by atoms with Crippen molar-refractivity contribution in [3.8, 4) is 0 Å². The molecule has 0 aromatic heterocycles. The van der Waals surface area contributed by atoms with Gasteiger partial charge in [0.1, 0.15) is 5.76 Å². The average molecular weight is 350 g/mol. The summed E-state index contributed by atoms with van der Waals surface area (Å²) in [5.41, 5.74) is 1.94. The fraction of sp³-hybridized carbons (Fsp3) is 0.136. The Labute approximate surface area is 156 Å². The number of carbonyl (C=O) groups excluding carboxylic acids is 1. The lowest BCUT2D eigenvalue weighted by Gasteiger charge is -2.31. The van der Waals surface area contributed by atoms with Crippen molar-refractivity contribution in [1.82, 2.24) is 10.0 Å². The van der Waals surface area contributed by atoms with Crippen LogP contribution in [0.2, 0.25) is 0 Å². The van der Waals surface area contributed by atoms with Gasteiger partial charge in [0.15, 0.2) is 0 Å². The van der Waals surface area contributed by atoms with Crippen LogP contribution >= 0.6 is 0 Å². The summed E-state index contributed by atoms with van der Waals surface area (Å²) in [7, 11) is 1.55. The summed E-state index contributed by atoms with van der Waals surface area (Å²) in [4.78, 5) is 12.8. The molecule has 0 aromatic rings. The molecule has 0 N–H and O–H groups in total. The maximum Gasteiger partial charge on any atom is 0.254 e. The van der Waals surface area contributed by atoms with E-state index >= 15 is 0 Å². The van der Waals surface area contributed by atoms with Crippen LogP contribution < -0.4 is 0 Å². The van der Waals surface area contributed by atoms with E-state index in [1.807, 2.05) is 19.1 Å². The molecule has 1 rings (SSSR count). The molecule has 136 valence electrons. The number of nitrogens with zero attached hydrogens (tertiary/aromatic N) is 2. The van der Waals surface area contributed by atoms with Gasteiger partial charge >= 0.3 is 0 Å². The first kappa shape index (κ1) is 20.8. The van der Waals surface area contributed by atoms with Crippen molar-refractivity contribution in [3.63, 3.8) is 0 Å². The summed E-state index contributed by atoms with van der Waals surface area (Å²) < 4.78 is 5.17. The number of hydrazine groups is 1. The van der Waals surface area contributed by atoms with Gasteiger partial charge in [0, 0.05) is 5.70 Å². The second-order valence-electron chi connectivity index (χ2n) is 5.36. The molecule has 0 radical (unpaired) electrons. The lowest BCUT2D eigenvalue weighted by molar-refractivity contribution is -0.134. The number of hydrogen-bond acceptors (Lipinski definition) is 3. The van der Waals surface area contributed by atoms with E-state index in [-0.39, 0.29) is 11.8 Å². The first-order chi connectivity index (χ1) is 12.5. The zero-order chi connectivity index (χ0) is 19.7. The van der Waals surface area contributed by atoms with Crippen molar-refractivity contribution in [2.75, 3.05) is 7.11 Å². The third-order valence-electron chi connectivity index (χ3n) is 3.83. The summed E-state index contributed by atoms with van der Waals surface area (Å²) in [6.45, 7) is 20.9. The lowest BCUT2D eigenvalue weighted by Crippen LogP contribution is -2.36. The van der Waals surface area contributed by atoms with Crippen molar-refractivity contribution >= 4 is 5.91 Å². The van der Waals surface area contributed by atoms with Crippen molar-refractivity contribution < 1.29 is 9.53 Å². The number of rotatable bonds is 9. The molecule has 1 heterocycles. The molecule has 26 heavy (non-hydrogen) atoms. The zero-order valence-corrected chi connectivity index (χ0v) is 15.5. The highest BCUT2D eigenvalue weighted by atomic mass is 16.5. The average Bonchev–Trinajstić information content (AvgIpc) is 2.87. The SMILES string of the molecule is C=C/C=C\C=C(/C=C)N1C(=C)C(C)C(=O)N1/C(C=C)=C/C=C(\C=C)OC. The molecular formula is C22H26N2O2. The highest BCUT2D eigenvalue weighted by molar-refractivity contribution is 5.86. The van der Waals surface area contributed by atoms with E-state index in [1.165, 1.54) is 5.01 Å². The number of carbonyl (C=O) groups is 1. The molecule has 0 aromatic carbocycles. The van der Waals surface area contributed by atoms with Crippen LogP contribution in [0.5, 0.6) is 0 Å². The Morgan fingerprint density at radius 2 is 1.58 bits per heavy atom. The van der Waals surface area contributed by atoms with Crippen molar-refractivity contribution in [3.05, 3.63) is 110 Å². The van der Waals surface area contributed by atoms with E-state index in [2.05, 4.69) is 32.9 Å². The van der Waals surface area contributed by atoms with Crippen LogP contribution in [0.4, 0.5) is 0 Å². The third kappa shape index (κ3) is 4.42. The molecule has 1 unspecified atom stereocenters. The number of ether oxygens (including phenoxy) is 1. The highest BCUT2D eigenvalue weighted by Crippen LogP contribution is 2.35. The van der Waals surface area contributed by atoms with Gasteiger partial charge in [0.25, 0.3) is 5.91 Å². The third-order valence-corrected chi connectivity index (χ3v) is 3.83. The molecule has 1 saturated heterocycles. The van der Waals surface area contributed by atoms with Crippen LogP contribution in [0.3, 0.4) is 0 Å². The molecule has 0 spiro atoms. The predicted octanol–water partition coefficient (Wildman–Crippen LogP) is 4.79. The maximum absolute atomic E-state index is 12.8. The largest absolute Gasteiger partial charge is 0.497 e. The molecule has 1 aliphatic heterocycles. The second kappa shape index (κ2) is 9.89. The fourth-order valence-electron chi connectivity index (χ4n) is 2.33. The molecule has 1 amide bonds. The van der Waals surface area contributed by atoms with Crippen LogP contribution in [0, 0.1) is 5.92 Å². The van der Waals surface area contributed by atoms with Crippen LogP contribution in [0.25, 0.3) is 0 Å². The molecular weight excluding hydrogens is 324 g/mol. The molecule has 4 nitrogen and oxygen atoms in total. The summed E-state index contributed by atoms with van der Waals surface area (Å²) in [6.07, 6.45) is 15.4. The van der Waals surface area contributed by atoms with Crippen molar-refractivity contribution in [1.29, 1.82) is 0 Å². The van der Waals surface area contributed by atoms with Crippen molar-refractivity contribution in [2.24, 2.45) is 5.92 Å². The van der Waals surface area contributed by atoms with Gasteiger partial charge in [0.2, 0.25) is 0 Å². The van der Waals surface area contributed by atoms with Crippen LogP contribution in [-0.2, 0) is 9.53 Å². The van der Waals surface area contributed by atoms with Gasteiger partial charge in [-0.15, -0.1) is 0 Å². The van der Waals surface area contributed by atoms with E-state index < -0.39 is 0 Å². The summed E-state index contributed by atoms with van der Waals surface area (Å²) in [5.74, 6) is 0.103. The summed E-state index contributed by atoms with van der Waals surface area (Å²) in [6, 6.07) is 0. The van der Waals surface area contributed by atoms with Gasteiger partial charge in [-0.25, -0.2) is 5.01 Å². The molecule has 0 bridgehead atoms. The Kier molecular flexibility index (Phi) is 7.90. The minimum absolute atomic E-state index is 0.104. The zero-order valence-electron chi connectivity index (χ0n) is 15.5. The van der Waals surface area contributed by atoms with Crippen LogP contribution in [-0.4, -0.2) is 23.0 Å².